The van der Waals surface area contributed by atoms with E-state index in [1.54, 1.807) is 5.57 Å². The Bertz CT molecular complexity index is 267. The van der Waals surface area contributed by atoms with Crippen LogP contribution >= 0.6 is 9.47 Å². The van der Waals surface area contributed by atoms with Crippen molar-refractivity contribution in [2.45, 2.75) is 60.5 Å². The van der Waals surface area contributed by atoms with Gasteiger partial charge in [-0.25, -0.2) is 0 Å². The van der Waals surface area contributed by atoms with E-state index in [9.17, 15) is 0 Å². The normalized spacial score (nSPS) is 27.8. The Hall–Kier alpha value is 0.130. The van der Waals surface area contributed by atoms with Gasteiger partial charge in [0.25, 0.3) is 0 Å². The first-order valence-corrected chi connectivity index (χ1v) is 6.70. The molecule has 16 heavy (non-hydrogen) atoms. The van der Waals surface area contributed by atoms with Crippen LogP contribution in [0.2, 0.25) is 0 Å². The van der Waals surface area contributed by atoms with Crippen molar-refractivity contribution in [2.24, 2.45) is 16.7 Å². The van der Waals surface area contributed by atoms with Crippen molar-refractivity contribution in [2.75, 3.05) is 0 Å². The summed E-state index contributed by atoms with van der Waals surface area (Å²) in [5.74, 6) is 0.521. The Balaban J connectivity index is 2.99. The molecule has 0 N–H and O–H groups in total. The molecule has 1 nitrogen and oxygen atoms in total. The van der Waals surface area contributed by atoms with Crippen molar-refractivity contribution in [1.29, 1.82) is 0 Å². The van der Waals surface area contributed by atoms with Gasteiger partial charge in [-0.1, -0.05) is 53.2 Å². The van der Waals surface area contributed by atoms with Gasteiger partial charge in [0.15, 0.2) is 0 Å². The highest BCUT2D eigenvalue weighted by Gasteiger charge is 2.35. The van der Waals surface area contributed by atoms with Gasteiger partial charge in [0.1, 0.15) is 0 Å². The molecule has 3 unspecified atom stereocenters. The van der Waals surface area contributed by atoms with Crippen molar-refractivity contribution in [3.05, 3.63) is 11.6 Å². The lowest BCUT2D eigenvalue weighted by molar-refractivity contribution is 0.0922. The molecule has 1 rings (SSSR count). The maximum absolute atomic E-state index is 5.56. The first-order chi connectivity index (χ1) is 7.16. The van der Waals surface area contributed by atoms with Gasteiger partial charge in [-0.15, -0.1) is 0 Å². The average molecular weight is 242 g/mol. The van der Waals surface area contributed by atoms with E-state index >= 15 is 0 Å². The zero-order chi connectivity index (χ0) is 12.6. The van der Waals surface area contributed by atoms with Crippen LogP contribution in [0.4, 0.5) is 0 Å². The lowest BCUT2D eigenvalue weighted by Crippen LogP contribution is -2.35. The van der Waals surface area contributed by atoms with Crippen LogP contribution in [0.15, 0.2) is 11.6 Å². The van der Waals surface area contributed by atoms with Gasteiger partial charge in [0, 0.05) is 15.4 Å². The average Bonchev–Trinajstić information content (AvgIpc) is 2.14. The molecule has 0 spiro atoms. The molecule has 0 saturated carbocycles. The topological polar surface area (TPSA) is 9.23 Å². The molecule has 94 valence electrons. The van der Waals surface area contributed by atoms with Gasteiger partial charge in [-0.2, -0.15) is 0 Å². The highest BCUT2D eigenvalue weighted by molar-refractivity contribution is 7.09. The molecule has 0 aliphatic heterocycles. The van der Waals surface area contributed by atoms with E-state index in [2.05, 4.69) is 57.1 Å². The molecule has 0 saturated heterocycles. The van der Waals surface area contributed by atoms with E-state index in [4.69, 9.17) is 4.52 Å². The molecule has 0 heterocycles. The molecule has 0 fully saturated rings. The van der Waals surface area contributed by atoms with Crippen LogP contribution in [0.5, 0.6) is 0 Å². The van der Waals surface area contributed by atoms with Crippen molar-refractivity contribution >= 4 is 9.47 Å². The van der Waals surface area contributed by atoms with E-state index in [1.807, 2.05) is 0 Å². The molecule has 0 radical (unpaired) electrons. The number of hydrogen-bond donors (Lipinski definition) is 0. The molecule has 1 aliphatic rings. The summed E-state index contributed by atoms with van der Waals surface area (Å²) in [6.45, 7) is 13.8. The molecule has 0 amide bonds. The molecule has 2 heteroatoms. The predicted molar refractivity (Wildman–Crippen MR) is 74.3 cm³/mol. The third kappa shape index (κ3) is 3.31. The second kappa shape index (κ2) is 4.78. The van der Waals surface area contributed by atoms with Crippen LogP contribution < -0.4 is 0 Å². The number of allylic oxidation sites excluding steroid dienone is 1. The van der Waals surface area contributed by atoms with Gasteiger partial charge in [0.2, 0.25) is 0 Å². The van der Waals surface area contributed by atoms with E-state index in [0.29, 0.717) is 17.4 Å². The van der Waals surface area contributed by atoms with Crippen LogP contribution in [-0.2, 0) is 4.52 Å². The van der Waals surface area contributed by atoms with E-state index in [-0.39, 0.29) is 5.41 Å². The smallest absolute Gasteiger partial charge is 0.0681 e. The molecular weight excluding hydrogens is 215 g/mol. The third-order valence-electron chi connectivity index (χ3n) is 3.62. The fraction of sp³-hybridized carbons (Fsp3) is 0.857. The second-order valence-electron chi connectivity index (χ2n) is 7.05. The van der Waals surface area contributed by atoms with Crippen LogP contribution in [-0.4, -0.2) is 6.10 Å². The largest absolute Gasteiger partial charge is 0.362 e. The second-order valence-corrected chi connectivity index (χ2v) is 7.32. The van der Waals surface area contributed by atoms with Crippen LogP contribution in [0.1, 0.15) is 54.4 Å². The fourth-order valence-corrected chi connectivity index (χ4v) is 2.78. The summed E-state index contributed by atoms with van der Waals surface area (Å²) in [5, 5.41) is 0. The Morgan fingerprint density at radius 2 is 1.75 bits per heavy atom. The summed E-state index contributed by atoms with van der Waals surface area (Å²) in [5.41, 5.74) is 2.17. The van der Waals surface area contributed by atoms with E-state index in [1.165, 1.54) is 6.42 Å². The van der Waals surface area contributed by atoms with Crippen molar-refractivity contribution < 1.29 is 4.52 Å². The van der Waals surface area contributed by atoms with Gasteiger partial charge in [-0.3, -0.25) is 0 Å². The summed E-state index contributed by atoms with van der Waals surface area (Å²) >= 11 is 0. The van der Waals surface area contributed by atoms with Crippen molar-refractivity contribution in [1.82, 2.24) is 0 Å². The minimum atomic E-state index is 0.276. The first-order valence-electron chi connectivity index (χ1n) is 6.23. The molecule has 0 aromatic carbocycles. The summed E-state index contributed by atoms with van der Waals surface area (Å²) in [4.78, 5) is 0. The molecule has 1 aliphatic carbocycles. The van der Waals surface area contributed by atoms with Crippen molar-refractivity contribution in [3.8, 4) is 0 Å². The summed E-state index contributed by atoms with van der Waals surface area (Å²) < 4.78 is 5.56. The lowest BCUT2D eigenvalue weighted by atomic mass is 9.68. The maximum atomic E-state index is 5.56. The Morgan fingerprint density at radius 3 is 2.12 bits per heavy atom. The summed E-state index contributed by atoms with van der Waals surface area (Å²) in [6.07, 6.45) is 5.15. The molecular formula is C14H27OP. The highest BCUT2D eigenvalue weighted by Crippen LogP contribution is 2.43. The van der Waals surface area contributed by atoms with E-state index in [0.717, 1.165) is 6.42 Å². The number of rotatable bonds is 1. The molecule has 3 atom stereocenters. The monoisotopic (exact) mass is 242 g/mol. The Morgan fingerprint density at radius 1 is 1.19 bits per heavy atom. The molecule has 0 aromatic heterocycles. The minimum absolute atomic E-state index is 0.276. The third-order valence-corrected chi connectivity index (χ3v) is 3.97. The maximum Gasteiger partial charge on any atom is 0.0681 e. The van der Waals surface area contributed by atoms with Gasteiger partial charge in [0.05, 0.1) is 6.10 Å². The quantitative estimate of drug-likeness (QED) is 0.482. The minimum Gasteiger partial charge on any atom is -0.362 e. The zero-order valence-corrected chi connectivity index (χ0v) is 12.8. The van der Waals surface area contributed by atoms with E-state index < -0.39 is 0 Å². The van der Waals surface area contributed by atoms with Crippen LogP contribution in [0.3, 0.4) is 0 Å². The SMILES string of the molecule is CC(C)(C)C1=CC(C(C)(C)C)C(OP)CC1. The van der Waals surface area contributed by atoms with Crippen LogP contribution in [0.25, 0.3) is 0 Å². The van der Waals surface area contributed by atoms with Crippen LogP contribution in [0, 0.1) is 16.7 Å². The summed E-state index contributed by atoms with van der Waals surface area (Å²) in [6, 6.07) is 0. The van der Waals surface area contributed by atoms with Gasteiger partial charge in [-0.05, 0) is 23.7 Å². The van der Waals surface area contributed by atoms with Gasteiger partial charge >= 0.3 is 0 Å². The molecule has 0 aromatic rings. The summed E-state index contributed by atoms with van der Waals surface area (Å²) in [7, 11) is 2.44. The first kappa shape index (κ1) is 14.2. The Kier molecular flexibility index (Phi) is 4.24. The van der Waals surface area contributed by atoms with Gasteiger partial charge < -0.3 is 4.52 Å². The van der Waals surface area contributed by atoms with Crippen molar-refractivity contribution in [3.63, 3.8) is 0 Å². The molecule has 0 bridgehead atoms. The fourth-order valence-electron chi connectivity index (χ4n) is 2.47. The number of hydrogen-bond acceptors (Lipinski definition) is 1. The highest BCUT2D eigenvalue weighted by atomic mass is 31.0. The predicted octanol–water partition coefficient (Wildman–Crippen LogP) is 4.59. The Labute approximate surface area is 103 Å². The lowest BCUT2D eigenvalue weighted by Gasteiger charge is -2.40. The standard InChI is InChI=1S/C14H27OP/c1-13(2,3)10-7-8-12(15-16)11(9-10)14(4,5)6/h9,11-12H,7-8,16H2,1-6H3. The zero-order valence-electron chi connectivity index (χ0n) is 11.6.